The lowest BCUT2D eigenvalue weighted by Gasteiger charge is -2.28. The molecule has 142 valence electrons. The van der Waals surface area contributed by atoms with Crippen LogP contribution in [0.15, 0.2) is 65.2 Å². The van der Waals surface area contributed by atoms with Gasteiger partial charge in [0.25, 0.3) is 11.8 Å². The van der Waals surface area contributed by atoms with Gasteiger partial charge in [-0.3, -0.25) is 19.8 Å². The number of carbonyl (C=O) groups is 2. The second-order valence-electron chi connectivity index (χ2n) is 5.72. The van der Waals surface area contributed by atoms with Gasteiger partial charge in [-0.1, -0.05) is 18.7 Å². The molecule has 2 amide bonds. The fourth-order valence-corrected chi connectivity index (χ4v) is 3.31. The number of rotatable bonds is 5. The maximum absolute atomic E-state index is 13.2. The summed E-state index contributed by atoms with van der Waals surface area (Å²) in [6, 6.07) is 10.4. The van der Waals surface area contributed by atoms with Gasteiger partial charge in [0.05, 0.1) is 10.2 Å². The standard InChI is InChI=1S/C20H14BrFN2O3S/c1-2-9-27-17-8-3-12(11-16(17)21)10-15-18(25)23-20(28)24(19(15)26)14-6-4-13(22)5-7-14/h2-8,10-11H,1,9H2,(H,23,25,28)/b15-10-. The van der Waals surface area contributed by atoms with Crippen molar-refractivity contribution in [2.75, 3.05) is 11.5 Å². The topological polar surface area (TPSA) is 58.6 Å². The number of benzene rings is 2. The van der Waals surface area contributed by atoms with Crippen molar-refractivity contribution in [2.24, 2.45) is 0 Å². The van der Waals surface area contributed by atoms with E-state index in [4.69, 9.17) is 17.0 Å². The van der Waals surface area contributed by atoms with Crippen LogP contribution < -0.4 is 15.0 Å². The summed E-state index contributed by atoms with van der Waals surface area (Å²) in [6.45, 7) is 3.94. The summed E-state index contributed by atoms with van der Waals surface area (Å²) in [6.07, 6.45) is 3.08. The van der Waals surface area contributed by atoms with Gasteiger partial charge in [-0.25, -0.2) is 4.39 Å². The molecule has 0 spiro atoms. The van der Waals surface area contributed by atoms with Crippen molar-refractivity contribution in [3.05, 3.63) is 76.5 Å². The van der Waals surface area contributed by atoms with Gasteiger partial charge in [-0.15, -0.1) is 0 Å². The Hall–Kier alpha value is -2.84. The minimum Gasteiger partial charge on any atom is -0.488 e. The lowest BCUT2D eigenvalue weighted by molar-refractivity contribution is -0.122. The SMILES string of the molecule is C=CCOc1ccc(/C=C2/C(=O)NC(=S)N(c3ccc(F)cc3)C2=O)cc1Br. The smallest absolute Gasteiger partial charge is 0.270 e. The Labute approximate surface area is 174 Å². The third-order valence-corrected chi connectivity index (χ3v) is 4.71. The summed E-state index contributed by atoms with van der Waals surface area (Å²) in [7, 11) is 0. The first-order chi connectivity index (χ1) is 13.4. The summed E-state index contributed by atoms with van der Waals surface area (Å²) in [5, 5.41) is 2.42. The number of nitrogens with zero attached hydrogens (tertiary/aromatic N) is 1. The van der Waals surface area contributed by atoms with E-state index in [-0.39, 0.29) is 10.7 Å². The molecule has 2 aromatic rings. The van der Waals surface area contributed by atoms with Crippen LogP contribution in [0.1, 0.15) is 5.56 Å². The second kappa shape index (κ2) is 8.45. The van der Waals surface area contributed by atoms with E-state index in [2.05, 4.69) is 27.8 Å². The zero-order valence-electron chi connectivity index (χ0n) is 14.4. The van der Waals surface area contributed by atoms with Crippen molar-refractivity contribution in [3.8, 4) is 5.75 Å². The van der Waals surface area contributed by atoms with Crippen molar-refractivity contribution < 1.29 is 18.7 Å². The largest absolute Gasteiger partial charge is 0.488 e. The van der Waals surface area contributed by atoms with Crippen LogP contribution in [0.25, 0.3) is 6.08 Å². The van der Waals surface area contributed by atoms with Crippen molar-refractivity contribution in [1.29, 1.82) is 0 Å². The number of carbonyl (C=O) groups excluding carboxylic acids is 2. The highest BCUT2D eigenvalue weighted by molar-refractivity contribution is 9.10. The van der Waals surface area contributed by atoms with E-state index in [1.165, 1.54) is 30.3 Å². The fraction of sp³-hybridized carbons (Fsp3) is 0.0500. The molecule has 0 unspecified atom stereocenters. The van der Waals surface area contributed by atoms with Crippen LogP contribution >= 0.6 is 28.1 Å². The van der Waals surface area contributed by atoms with Crippen molar-refractivity contribution in [2.45, 2.75) is 0 Å². The first-order valence-corrected chi connectivity index (χ1v) is 9.31. The number of amides is 2. The molecular weight excluding hydrogens is 447 g/mol. The average Bonchev–Trinajstić information content (AvgIpc) is 2.66. The first kappa shape index (κ1) is 19.9. The van der Waals surface area contributed by atoms with Crippen molar-refractivity contribution in [1.82, 2.24) is 5.32 Å². The Morgan fingerprint density at radius 3 is 2.57 bits per heavy atom. The Morgan fingerprint density at radius 1 is 1.21 bits per heavy atom. The molecule has 1 aliphatic heterocycles. The minimum absolute atomic E-state index is 0.0619. The molecule has 1 saturated heterocycles. The molecular formula is C20H14BrFN2O3S. The van der Waals surface area contributed by atoms with Gasteiger partial charge in [0.1, 0.15) is 23.7 Å². The number of hydrogen-bond acceptors (Lipinski definition) is 4. The molecule has 0 saturated carbocycles. The number of thiocarbonyl (C=S) groups is 1. The van der Waals surface area contributed by atoms with Crippen LogP contribution in [0.3, 0.4) is 0 Å². The van der Waals surface area contributed by atoms with Gasteiger partial charge >= 0.3 is 0 Å². The number of nitrogens with one attached hydrogen (secondary N) is 1. The minimum atomic E-state index is -0.600. The van der Waals surface area contributed by atoms with E-state index in [1.54, 1.807) is 24.3 Å². The lowest BCUT2D eigenvalue weighted by atomic mass is 10.1. The number of hydrogen-bond donors (Lipinski definition) is 1. The molecule has 8 heteroatoms. The van der Waals surface area contributed by atoms with E-state index in [1.807, 2.05) is 0 Å². The van der Waals surface area contributed by atoms with Crippen LogP contribution in [0.2, 0.25) is 0 Å². The summed E-state index contributed by atoms with van der Waals surface area (Å²) < 4.78 is 19.3. The molecule has 1 fully saturated rings. The van der Waals surface area contributed by atoms with Gasteiger partial charge in [-0.05, 0) is 76.2 Å². The third-order valence-electron chi connectivity index (χ3n) is 3.81. The maximum atomic E-state index is 13.2. The Balaban J connectivity index is 1.93. The highest BCUT2D eigenvalue weighted by Gasteiger charge is 2.34. The van der Waals surface area contributed by atoms with E-state index < -0.39 is 17.6 Å². The molecule has 0 atom stereocenters. The maximum Gasteiger partial charge on any atom is 0.270 e. The fourth-order valence-electron chi connectivity index (χ4n) is 2.52. The zero-order valence-corrected chi connectivity index (χ0v) is 16.8. The predicted octanol–water partition coefficient (Wildman–Crippen LogP) is 3.98. The van der Waals surface area contributed by atoms with Gasteiger partial charge in [0.2, 0.25) is 0 Å². The van der Waals surface area contributed by atoms with Gasteiger partial charge in [0.15, 0.2) is 5.11 Å². The van der Waals surface area contributed by atoms with Gasteiger partial charge in [0, 0.05) is 0 Å². The van der Waals surface area contributed by atoms with Crippen LogP contribution in [0.5, 0.6) is 5.75 Å². The molecule has 2 aromatic carbocycles. The molecule has 1 heterocycles. The van der Waals surface area contributed by atoms with Crippen LogP contribution in [-0.2, 0) is 9.59 Å². The Bertz CT molecular complexity index is 1010. The van der Waals surface area contributed by atoms with Gasteiger partial charge < -0.3 is 4.74 Å². The molecule has 0 bridgehead atoms. The van der Waals surface area contributed by atoms with Crippen LogP contribution in [0.4, 0.5) is 10.1 Å². The molecule has 5 nitrogen and oxygen atoms in total. The predicted molar refractivity (Wildman–Crippen MR) is 112 cm³/mol. The van der Waals surface area contributed by atoms with Crippen LogP contribution in [0, 0.1) is 5.82 Å². The Morgan fingerprint density at radius 2 is 1.93 bits per heavy atom. The summed E-state index contributed by atoms with van der Waals surface area (Å²) in [5.74, 6) is -1.03. The zero-order chi connectivity index (χ0) is 20.3. The molecule has 1 aliphatic rings. The Kier molecular flexibility index (Phi) is 6.01. The van der Waals surface area contributed by atoms with Crippen molar-refractivity contribution >= 4 is 56.8 Å². The quantitative estimate of drug-likeness (QED) is 0.317. The third kappa shape index (κ3) is 4.18. The first-order valence-electron chi connectivity index (χ1n) is 8.11. The molecule has 1 N–H and O–H groups in total. The molecule has 0 aromatic heterocycles. The molecule has 0 radical (unpaired) electrons. The monoisotopic (exact) mass is 460 g/mol. The summed E-state index contributed by atoms with van der Waals surface area (Å²) >= 11 is 8.51. The van der Waals surface area contributed by atoms with E-state index in [0.29, 0.717) is 28.1 Å². The lowest BCUT2D eigenvalue weighted by Crippen LogP contribution is -2.54. The normalized spacial score (nSPS) is 15.6. The number of anilines is 1. The van der Waals surface area contributed by atoms with E-state index in [9.17, 15) is 14.0 Å². The second-order valence-corrected chi connectivity index (χ2v) is 6.96. The summed E-state index contributed by atoms with van der Waals surface area (Å²) in [5.41, 5.74) is 0.879. The average molecular weight is 461 g/mol. The highest BCUT2D eigenvalue weighted by atomic mass is 79.9. The van der Waals surface area contributed by atoms with E-state index >= 15 is 0 Å². The molecule has 28 heavy (non-hydrogen) atoms. The molecule has 0 aliphatic carbocycles. The van der Waals surface area contributed by atoms with Crippen LogP contribution in [-0.4, -0.2) is 23.5 Å². The highest BCUT2D eigenvalue weighted by Crippen LogP contribution is 2.28. The summed E-state index contributed by atoms with van der Waals surface area (Å²) in [4.78, 5) is 26.4. The van der Waals surface area contributed by atoms with E-state index in [0.717, 1.165) is 4.90 Å². The van der Waals surface area contributed by atoms with Gasteiger partial charge in [-0.2, -0.15) is 0 Å². The van der Waals surface area contributed by atoms with Crippen molar-refractivity contribution in [3.63, 3.8) is 0 Å². The number of ether oxygens (including phenoxy) is 1. The molecule has 3 rings (SSSR count). The number of halogens is 2.